The SMILES string of the molecule is C=C1Nc2c(Cl)cc3cc(C(=O)N4Cc5cccnc5C4)oc3c2C2(CCCCC2)N1. The van der Waals surface area contributed by atoms with Crippen LogP contribution in [0.5, 0.6) is 0 Å². The molecule has 158 valence electrons. The monoisotopic (exact) mass is 434 g/mol. The Labute approximate surface area is 185 Å². The van der Waals surface area contributed by atoms with Crippen LogP contribution in [0.2, 0.25) is 5.02 Å². The van der Waals surface area contributed by atoms with Gasteiger partial charge in [-0.05, 0) is 36.6 Å². The van der Waals surface area contributed by atoms with Crippen molar-refractivity contribution in [1.29, 1.82) is 0 Å². The van der Waals surface area contributed by atoms with Gasteiger partial charge < -0.3 is 20.0 Å². The Morgan fingerprint density at radius 3 is 2.87 bits per heavy atom. The number of hydrogen-bond acceptors (Lipinski definition) is 5. The molecule has 2 aromatic heterocycles. The van der Waals surface area contributed by atoms with Crippen LogP contribution in [0.15, 0.2) is 47.3 Å². The zero-order chi connectivity index (χ0) is 21.2. The Bertz CT molecular complexity index is 1220. The summed E-state index contributed by atoms with van der Waals surface area (Å²) < 4.78 is 6.28. The Morgan fingerprint density at radius 2 is 2.06 bits per heavy atom. The fourth-order valence-corrected chi connectivity index (χ4v) is 5.66. The van der Waals surface area contributed by atoms with Gasteiger partial charge in [-0.3, -0.25) is 9.78 Å². The fourth-order valence-electron chi connectivity index (χ4n) is 5.40. The van der Waals surface area contributed by atoms with E-state index in [2.05, 4.69) is 22.2 Å². The van der Waals surface area contributed by atoms with Gasteiger partial charge in [0, 0.05) is 23.7 Å². The van der Waals surface area contributed by atoms with Crippen molar-refractivity contribution >= 4 is 34.2 Å². The molecule has 1 amide bonds. The van der Waals surface area contributed by atoms with Gasteiger partial charge in [0.2, 0.25) is 0 Å². The molecule has 3 aromatic rings. The van der Waals surface area contributed by atoms with E-state index >= 15 is 0 Å². The first-order valence-corrected chi connectivity index (χ1v) is 11.1. The molecule has 6 nitrogen and oxygen atoms in total. The molecule has 4 heterocycles. The van der Waals surface area contributed by atoms with Gasteiger partial charge in [-0.15, -0.1) is 0 Å². The highest BCUT2D eigenvalue weighted by molar-refractivity contribution is 6.34. The summed E-state index contributed by atoms with van der Waals surface area (Å²) in [4.78, 5) is 19.5. The van der Waals surface area contributed by atoms with E-state index in [1.54, 1.807) is 11.1 Å². The smallest absolute Gasteiger partial charge is 0.290 e. The minimum atomic E-state index is -0.273. The number of anilines is 1. The second kappa shape index (κ2) is 6.76. The lowest BCUT2D eigenvalue weighted by molar-refractivity contribution is 0.0720. The Morgan fingerprint density at radius 1 is 1.23 bits per heavy atom. The third-order valence-electron chi connectivity index (χ3n) is 6.79. The molecule has 0 atom stereocenters. The summed E-state index contributed by atoms with van der Waals surface area (Å²) in [6.07, 6.45) is 7.19. The third-order valence-corrected chi connectivity index (χ3v) is 7.09. The van der Waals surface area contributed by atoms with E-state index in [9.17, 15) is 4.79 Å². The summed E-state index contributed by atoms with van der Waals surface area (Å²) in [7, 11) is 0. The summed E-state index contributed by atoms with van der Waals surface area (Å²) in [5.41, 5.74) is 4.34. The van der Waals surface area contributed by atoms with Crippen molar-refractivity contribution in [2.75, 3.05) is 5.32 Å². The predicted octanol–water partition coefficient (Wildman–Crippen LogP) is 5.28. The van der Waals surface area contributed by atoms with Crippen molar-refractivity contribution in [2.24, 2.45) is 0 Å². The van der Waals surface area contributed by atoms with Gasteiger partial charge in [0.1, 0.15) is 5.58 Å². The summed E-state index contributed by atoms with van der Waals surface area (Å²) in [5.74, 6) is 0.960. The average molecular weight is 435 g/mol. The van der Waals surface area contributed by atoms with Gasteiger partial charge in [-0.25, -0.2) is 0 Å². The summed E-state index contributed by atoms with van der Waals surface area (Å²) in [5, 5.41) is 8.35. The standard InChI is InChI=1S/C24H23ClN4O2/c1-14-27-21-17(25)10-16-11-19(23(30)29-12-15-6-5-9-26-18(15)13-29)31-22(16)20(21)24(28-14)7-3-2-4-8-24/h5-6,9-11,27-28H,1-4,7-8,12-13H2. The molecule has 0 saturated heterocycles. The van der Waals surface area contributed by atoms with Gasteiger partial charge in [-0.2, -0.15) is 0 Å². The van der Waals surface area contributed by atoms with E-state index in [1.165, 1.54) is 6.42 Å². The first-order valence-electron chi connectivity index (χ1n) is 10.8. The second-order valence-corrected chi connectivity index (χ2v) is 9.19. The molecular weight excluding hydrogens is 412 g/mol. The van der Waals surface area contributed by atoms with Crippen LogP contribution in [-0.4, -0.2) is 15.8 Å². The second-order valence-electron chi connectivity index (χ2n) is 8.78. The third kappa shape index (κ3) is 2.85. The number of benzene rings is 1. The van der Waals surface area contributed by atoms with Crippen LogP contribution in [-0.2, 0) is 18.6 Å². The van der Waals surface area contributed by atoms with Crippen molar-refractivity contribution < 1.29 is 9.21 Å². The van der Waals surface area contributed by atoms with Crippen molar-refractivity contribution in [3.63, 3.8) is 0 Å². The minimum Gasteiger partial charge on any atom is -0.450 e. The Balaban J connectivity index is 1.45. The predicted molar refractivity (Wildman–Crippen MR) is 120 cm³/mol. The largest absolute Gasteiger partial charge is 0.450 e. The van der Waals surface area contributed by atoms with Crippen LogP contribution in [0.1, 0.15) is 59.5 Å². The minimum absolute atomic E-state index is 0.127. The number of nitrogens with one attached hydrogen (secondary N) is 2. The van der Waals surface area contributed by atoms with Crippen molar-refractivity contribution in [1.82, 2.24) is 15.2 Å². The number of furan rings is 1. The lowest BCUT2D eigenvalue weighted by Crippen LogP contribution is -2.48. The highest BCUT2D eigenvalue weighted by Crippen LogP contribution is 2.50. The van der Waals surface area contributed by atoms with Crippen molar-refractivity contribution in [3.8, 4) is 0 Å². The van der Waals surface area contributed by atoms with E-state index < -0.39 is 0 Å². The lowest BCUT2D eigenvalue weighted by atomic mass is 9.74. The number of fused-ring (bicyclic) bond motifs is 5. The average Bonchev–Trinajstić information content (AvgIpc) is 3.38. The van der Waals surface area contributed by atoms with Crippen LogP contribution < -0.4 is 10.6 Å². The lowest BCUT2D eigenvalue weighted by Gasteiger charge is -2.44. The number of rotatable bonds is 1. The van der Waals surface area contributed by atoms with Gasteiger partial charge in [0.05, 0.1) is 34.3 Å². The molecule has 7 heteroatoms. The molecule has 1 fully saturated rings. The van der Waals surface area contributed by atoms with E-state index in [1.807, 2.05) is 24.3 Å². The molecule has 1 spiro atoms. The zero-order valence-electron chi connectivity index (χ0n) is 17.1. The molecule has 0 radical (unpaired) electrons. The van der Waals surface area contributed by atoms with Crippen molar-refractivity contribution in [2.45, 2.75) is 50.7 Å². The summed E-state index contributed by atoms with van der Waals surface area (Å²) in [6, 6.07) is 7.61. The molecule has 2 aliphatic heterocycles. The number of hydrogen-bond donors (Lipinski definition) is 2. The number of amides is 1. The molecule has 3 aliphatic rings. The number of carbonyl (C=O) groups excluding carboxylic acids is 1. The maximum atomic E-state index is 13.3. The van der Waals surface area contributed by atoms with Gasteiger partial charge in [-0.1, -0.05) is 43.5 Å². The molecule has 2 N–H and O–H groups in total. The zero-order valence-corrected chi connectivity index (χ0v) is 17.9. The van der Waals surface area contributed by atoms with Crippen molar-refractivity contribution in [3.05, 3.63) is 70.5 Å². The molecule has 6 rings (SSSR count). The van der Waals surface area contributed by atoms with Crippen LogP contribution in [0.3, 0.4) is 0 Å². The number of aromatic nitrogens is 1. The molecule has 1 aliphatic carbocycles. The molecule has 1 aromatic carbocycles. The first kappa shape index (κ1) is 18.8. The highest BCUT2D eigenvalue weighted by Gasteiger charge is 2.42. The van der Waals surface area contributed by atoms with Gasteiger partial charge >= 0.3 is 0 Å². The molecular formula is C24H23ClN4O2. The van der Waals surface area contributed by atoms with E-state index in [4.69, 9.17) is 16.0 Å². The highest BCUT2D eigenvalue weighted by atomic mass is 35.5. The first-order chi connectivity index (χ1) is 15.0. The summed E-state index contributed by atoms with van der Waals surface area (Å²) >= 11 is 6.69. The van der Waals surface area contributed by atoms with Crippen LogP contribution in [0, 0.1) is 0 Å². The van der Waals surface area contributed by atoms with E-state index in [0.717, 1.165) is 65.0 Å². The van der Waals surface area contributed by atoms with Crippen LogP contribution in [0.25, 0.3) is 11.0 Å². The maximum Gasteiger partial charge on any atom is 0.290 e. The van der Waals surface area contributed by atoms with Gasteiger partial charge in [0.15, 0.2) is 5.76 Å². The topological polar surface area (TPSA) is 70.4 Å². The number of nitrogens with zero attached hydrogens (tertiary/aromatic N) is 2. The van der Waals surface area contributed by atoms with Gasteiger partial charge in [0.25, 0.3) is 5.91 Å². The van der Waals surface area contributed by atoms with Crippen LogP contribution in [0.4, 0.5) is 5.69 Å². The molecule has 31 heavy (non-hydrogen) atoms. The van der Waals surface area contributed by atoms with E-state index in [0.29, 0.717) is 23.9 Å². The maximum absolute atomic E-state index is 13.3. The van der Waals surface area contributed by atoms with E-state index in [-0.39, 0.29) is 11.4 Å². The van der Waals surface area contributed by atoms with Crippen LogP contribution >= 0.6 is 11.6 Å². The Hall–Kier alpha value is -2.99. The number of carbonyl (C=O) groups is 1. The summed E-state index contributed by atoms with van der Waals surface area (Å²) in [6.45, 7) is 5.16. The molecule has 1 saturated carbocycles. The quantitative estimate of drug-likeness (QED) is 0.545. The number of halogens is 1. The molecule has 0 unspecified atom stereocenters. The fraction of sp³-hybridized carbons (Fsp3) is 0.333. The molecule has 0 bridgehead atoms. The normalized spacial score (nSPS) is 19.1. The Kier molecular flexibility index (Phi) is 4.09. The number of pyridine rings is 1.